The minimum atomic E-state index is -0.636. The Bertz CT molecular complexity index is 423. The third-order valence-corrected chi connectivity index (χ3v) is 3.21. The van der Waals surface area contributed by atoms with Gasteiger partial charge in [-0.15, -0.1) is 0 Å². The second-order valence-electron chi connectivity index (χ2n) is 4.85. The van der Waals surface area contributed by atoms with Gasteiger partial charge in [0.1, 0.15) is 0 Å². The summed E-state index contributed by atoms with van der Waals surface area (Å²) in [5.74, 6) is -0.301. The summed E-state index contributed by atoms with van der Waals surface area (Å²) < 4.78 is 27.3. The SMILES string of the molecule is CCNc1nc(N2CCCC(C)C2)c(F)cc1F. The summed E-state index contributed by atoms with van der Waals surface area (Å²) >= 11 is 0. The molecule has 0 aliphatic carbocycles. The number of halogens is 2. The largest absolute Gasteiger partial charge is 0.368 e. The summed E-state index contributed by atoms with van der Waals surface area (Å²) in [6.07, 6.45) is 2.18. The third-order valence-electron chi connectivity index (χ3n) is 3.21. The van der Waals surface area contributed by atoms with Gasteiger partial charge in [0.15, 0.2) is 23.3 Å². The molecule has 100 valence electrons. The Labute approximate surface area is 106 Å². The van der Waals surface area contributed by atoms with Crippen molar-refractivity contribution in [3.05, 3.63) is 17.7 Å². The van der Waals surface area contributed by atoms with Gasteiger partial charge in [0.25, 0.3) is 0 Å². The quantitative estimate of drug-likeness (QED) is 0.899. The van der Waals surface area contributed by atoms with Crippen LogP contribution >= 0.6 is 0 Å². The predicted octanol–water partition coefficient (Wildman–Crippen LogP) is 3.03. The molecule has 1 atom stereocenters. The van der Waals surface area contributed by atoms with Gasteiger partial charge in [-0.3, -0.25) is 0 Å². The van der Waals surface area contributed by atoms with Gasteiger partial charge in [-0.1, -0.05) is 6.92 Å². The molecule has 1 aromatic rings. The molecule has 2 rings (SSSR count). The number of rotatable bonds is 3. The number of pyridine rings is 1. The first-order valence-electron chi connectivity index (χ1n) is 6.46. The van der Waals surface area contributed by atoms with Gasteiger partial charge in [-0.2, -0.15) is 0 Å². The highest BCUT2D eigenvalue weighted by Gasteiger charge is 2.22. The highest BCUT2D eigenvalue weighted by molar-refractivity contribution is 5.49. The maximum Gasteiger partial charge on any atom is 0.168 e. The van der Waals surface area contributed by atoms with Crippen LogP contribution in [0.4, 0.5) is 20.4 Å². The smallest absolute Gasteiger partial charge is 0.168 e. The van der Waals surface area contributed by atoms with Crippen molar-refractivity contribution in [2.45, 2.75) is 26.7 Å². The average molecular weight is 255 g/mol. The van der Waals surface area contributed by atoms with Gasteiger partial charge in [-0.05, 0) is 25.7 Å². The summed E-state index contributed by atoms with van der Waals surface area (Å²) in [6.45, 7) is 6.11. The molecular formula is C13H19F2N3. The molecule has 1 aliphatic rings. The van der Waals surface area contributed by atoms with E-state index in [1.54, 1.807) is 0 Å². The van der Waals surface area contributed by atoms with Gasteiger partial charge >= 0.3 is 0 Å². The van der Waals surface area contributed by atoms with Crippen LogP contribution in [0.3, 0.4) is 0 Å². The minimum absolute atomic E-state index is 0.132. The fourth-order valence-electron chi connectivity index (χ4n) is 2.35. The van der Waals surface area contributed by atoms with Crippen molar-refractivity contribution in [3.8, 4) is 0 Å². The lowest BCUT2D eigenvalue weighted by Crippen LogP contribution is -2.35. The molecule has 0 aromatic carbocycles. The van der Waals surface area contributed by atoms with E-state index in [0.717, 1.165) is 32.0 Å². The molecule has 0 spiro atoms. The Kier molecular flexibility index (Phi) is 3.99. The van der Waals surface area contributed by atoms with E-state index in [1.807, 2.05) is 11.8 Å². The van der Waals surface area contributed by atoms with E-state index >= 15 is 0 Å². The number of nitrogens with zero attached hydrogens (tertiary/aromatic N) is 2. The van der Waals surface area contributed by atoms with E-state index < -0.39 is 11.6 Å². The lowest BCUT2D eigenvalue weighted by molar-refractivity contribution is 0.438. The molecule has 1 aliphatic heterocycles. The van der Waals surface area contributed by atoms with Crippen molar-refractivity contribution in [1.82, 2.24) is 4.98 Å². The minimum Gasteiger partial charge on any atom is -0.368 e. The molecule has 1 N–H and O–H groups in total. The van der Waals surface area contributed by atoms with Crippen molar-refractivity contribution in [2.24, 2.45) is 5.92 Å². The summed E-state index contributed by atoms with van der Waals surface area (Å²) in [4.78, 5) is 5.99. The van der Waals surface area contributed by atoms with Crippen LogP contribution in [-0.4, -0.2) is 24.6 Å². The van der Waals surface area contributed by atoms with Gasteiger partial charge in [0, 0.05) is 25.7 Å². The zero-order valence-corrected chi connectivity index (χ0v) is 10.8. The average Bonchev–Trinajstić information content (AvgIpc) is 2.33. The molecule has 0 saturated carbocycles. The van der Waals surface area contributed by atoms with E-state index in [9.17, 15) is 8.78 Å². The van der Waals surface area contributed by atoms with Crippen molar-refractivity contribution < 1.29 is 8.78 Å². The first kappa shape index (κ1) is 13.1. The molecular weight excluding hydrogens is 236 g/mol. The number of piperidine rings is 1. The van der Waals surface area contributed by atoms with Gasteiger partial charge in [0.2, 0.25) is 0 Å². The molecule has 1 saturated heterocycles. The molecule has 18 heavy (non-hydrogen) atoms. The Hall–Kier alpha value is -1.39. The standard InChI is InChI=1S/C13H19F2N3/c1-3-16-12-10(14)7-11(15)13(17-12)18-6-4-5-9(2)8-18/h7,9H,3-6,8H2,1-2H3,(H,16,17). The van der Waals surface area contributed by atoms with Gasteiger partial charge in [-0.25, -0.2) is 13.8 Å². The third kappa shape index (κ3) is 2.71. The lowest BCUT2D eigenvalue weighted by Gasteiger charge is -2.32. The van der Waals surface area contributed by atoms with Crippen LogP contribution in [0, 0.1) is 17.6 Å². The summed E-state index contributed by atoms with van der Waals surface area (Å²) in [5, 5.41) is 2.81. The summed E-state index contributed by atoms with van der Waals surface area (Å²) in [7, 11) is 0. The fraction of sp³-hybridized carbons (Fsp3) is 0.615. The predicted molar refractivity (Wildman–Crippen MR) is 68.9 cm³/mol. The van der Waals surface area contributed by atoms with E-state index in [-0.39, 0.29) is 11.6 Å². The van der Waals surface area contributed by atoms with E-state index in [2.05, 4.69) is 17.2 Å². The number of hydrogen-bond acceptors (Lipinski definition) is 3. The number of aromatic nitrogens is 1. The van der Waals surface area contributed by atoms with E-state index in [0.29, 0.717) is 12.5 Å². The second kappa shape index (κ2) is 5.50. The second-order valence-corrected chi connectivity index (χ2v) is 4.85. The zero-order chi connectivity index (χ0) is 13.1. The number of hydrogen-bond donors (Lipinski definition) is 1. The molecule has 0 radical (unpaired) electrons. The summed E-state index contributed by atoms with van der Waals surface area (Å²) in [6, 6.07) is 0.916. The molecule has 1 fully saturated rings. The van der Waals surface area contributed by atoms with Crippen molar-refractivity contribution in [1.29, 1.82) is 0 Å². The lowest BCUT2D eigenvalue weighted by atomic mass is 10.0. The van der Waals surface area contributed by atoms with Crippen molar-refractivity contribution in [3.63, 3.8) is 0 Å². The van der Waals surface area contributed by atoms with E-state index in [1.165, 1.54) is 0 Å². The van der Waals surface area contributed by atoms with Crippen LogP contribution < -0.4 is 10.2 Å². The molecule has 1 aromatic heterocycles. The number of nitrogens with one attached hydrogen (secondary N) is 1. The Balaban J connectivity index is 2.28. The maximum absolute atomic E-state index is 13.8. The van der Waals surface area contributed by atoms with Crippen LogP contribution in [0.1, 0.15) is 26.7 Å². The van der Waals surface area contributed by atoms with Gasteiger partial charge < -0.3 is 10.2 Å². The molecule has 2 heterocycles. The summed E-state index contributed by atoms with van der Waals surface area (Å²) in [5.41, 5.74) is 0. The first-order valence-corrected chi connectivity index (χ1v) is 6.46. The van der Waals surface area contributed by atoms with Crippen LogP contribution in [0.5, 0.6) is 0 Å². The Morgan fingerprint density at radius 1 is 1.44 bits per heavy atom. The molecule has 0 amide bonds. The maximum atomic E-state index is 13.8. The normalized spacial score (nSPS) is 20.0. The Morgan fingerprint density at radius 2 is 2.22 bits per heavy atom. The highest BCUT2D eigenvalue weighted by atomic mass is 19.1. The first-order chi connectivity index (χ1) is 8.61. The monoisotopic (exact) mass is 255 g/mol. The Morgan fingerprint density at radius 3 is 2.89 bits per heavy atom. The molecule has 5 heteroatoms. The highest BCUT2D eigenvalue weighted by Crippen LogP contribution is 2.26. The van der Waals surface area contributed by atoms with Crippen molar-refractivity contribution >= 4 is 11.6 Å². The van der Waals surface area contributed by atoms with Crippen LogP contribution in [0.2, 0.25) is 0 Å². The van der Waals surface area contributed by atoms with Crippen LogP contribution in [0.25, 0.3) is 0 Å². The van der Waals surface area contributed by atoms with Crippen molar-refractivity contribution in [2.75, 3.05) is 29.9 Å². The van der Waals surface area contributed by atoms with Gasteiger partial charge in [0.05, 0.1) is 0 Å². The van der Waals surface area contributed by atoms with E-state index in [4.69, 9.17) is 0 Å². The van der Waals surface area contributed by atoms with Crippen LogP contribution in [0.15, 0.2) is 6.07 Å². The molecule has 3 nitrogen and oxygen atoms in total. The number of anilines is 2. The molecule has 1 unspecified atom stereocenters. The zero-order valence-electron chi connectivity index (χ0n) is 10.8. The van der Waals surface area contributed by atoms with Crippen LogP contribution in [-0.2, 0) is 0 Å². The molecule has 0 bridgehead atoms. The topological polar surface area (TPSA) is 28.2 Å². The fourth-order valence-corrected chi connectivity index (χ4v) is 2.35.